The first kappa shape index (κ1) is 18.3. The fraction of sp³-hybridized carbons (Fsp3) is 0.250. The Balaban J connectivity index is 2.05. The molecule has 0 bridgehead atoms. The molecule has 2 aromatic rings. The molecule has 0 aliphatic carbocycles. The molecule has 26 heavy (non-hydrogen) atoms. The van der Waals surface area contributed by atoms with Crippen LogP contribution in [-0.4, -0.2) is 18.4 Å². The molecule has 3 N–H and O–H groups in total. The van der Waals surface area contributed by atoms with Crippen LogP contribution in [0.4, 0.5) is 22.6 Å². The molecule has 3 rings (SSSR count). The van der Waals surface area contributed by atoms with E-state index in [0.29, 0.717) is 23.5 Å². The van der Waals surface area contributed by atoms with Gasteiger partial charge in [-0.25, -0.2) is 17.6 Å². The van der Waals surface area contributed by atoms with Crippen molar-refractivity contribution in [3.63, 3.8) is 0 Å². The third-order valence-electron chi connectivity index (χ3n) is 4.00. The van der Waals surface area contributed by atoms with Crippen molar-refractivity contribution >= 4 is 28.2 Å². The molecule has 0 saturated heterocycles. The van der Waals surface area contributed by atoms with Crippen LogP contribution in [0.1, 0.15) is 36.7 Å². The van der Waals surface area contributed by atoms with Crippen molar-refractivity contribution in [3.8, 4) is 0 Å². The van der Waals surface area contributed by atoms with Crippen LogP contribution in [0.15, 0.2) is 0 Å². The number of nitrogens with one attached hydrogen (secondary N) is 1. The third kappa shape index (κ3) is 2.84. The molecule has 138 valence electrons. The number of nitrogens with two attached hydrogens (primary N) is 1. The summed E-state index contributed by atoms with van der Waals surface area (Å²) >= 11 is 0.946. The number of hydrogen-bond donors (Lipinski definition) is 2. The number of amides is 2. The normalized spacial score (nSPS) is 13.4. The van der Waals surface area contributed by atoms with Crippen LogP contribution >= 0.6 is 11.3 Å². The molecule has 1 aromatic heterocycles. The molecule has 0 spiro atoms. The van der Waals surface area contributed by atoms with Crippen molar-refractivity contribution in [2.24, 2.45) is 5.73 Å². The predicted octanol–water partition coefficient (Wildman–Crippen LogP) is 3.04. The summed E-state index contributed by atoms with van der Waals surface area (Å²) in [5.41, 5.74) is 3.61. The molecule has 1 aromatic carbocycles. The van der Waals surface area contributed by atoms with Gasteiger partial charge >= 0.3 is 0 Å². The van der Waals surface area contributed by atoms with Crippen LogP contribution in [0, 0.1) is 30.2 Å². The topological polar surface area (TPSA) is 81.4 Å². The summed E-state index contributed by atoms with van der Waals surface area (Å²) in [7, 11) is 0. The van der Waals surface area contributed by atoms with Crippen molar-refractivity contribution < 1.29 is 31.9 Å². The second kappa shape index (κ2) is 6.69. The summed E-state index contributed by atoms with van der Waals surface area (Å²) in [5.74, 6) is -9.24. The van der Waals surface area contributed by atoms with E-state index in [1.807, 2.05) is 0 Å². The standard InChI is InChI=1S/C16H12F4N2O3S/c1-5-10(17)12(19)9(13(20)11(5)18)15(24)22-16-8(14(21)23)6-2-3-25-4-7(6)26-16/h2-4H2,1H3,(H2,21,23)(H,22,24). The van der Waals surface area contributed by atoms with Crippen LogP contribution < -0.4 is 11.1 Å². The second-order valence-corrected chi connectivity index (χ2v) is 6.69. The molecular weight excluding hydrogens is 376 g/mol. The number of carbonyl (C=O) groups excluding carboxylic acids is 2. The van der Waals surface area contributed by atoms with E-state index in [1.165, 1.54) is 0 Å². The highest BCUT2D eigenvalue weighted by Gasteiger charge is 2.30. The zero-order valence-corrected chi connectivity index (χ0v) is 14.2. The van der Waals surface area contributed by atoms with Gasteiger partial charge in [0.05, 0.1) is 18.8 Å². The highest BCUT2D eigenvalue weighted by Crippen LogP contribution is 2.37. The molecule has 1 aliphatic rings. The van der Waals surface area contributed by atoms with Crippen LogP contribution in [0.5, 0.6) is 0 Å². The van der Waals surface area contributed by atoms with Gasteiger partial charge in [0.25, 0.3) is 11.8 Å². The Morgan fingerprint density at radius 2 is 1.69 bits per heavy atom. The quantitative estimate of drug-likeness (QED) is 0.627. The van der Waals surface area contributed by atoms with Crippen LogP contribution in [0.3, 0.4) is 0 Å². The first-order valence-electron chi connectivity index (χ1n) is 7.40. The molecule has 5 nitrogen and oxygen atoms in total. The Morgan fingerprint density at radius 1 is 1.08 bits per heavy atom. The van der Waals surface area contributed by atoms with Gasteiger partial charge in [-0.05, 0) is 18.9 Å². The molecule has 2 heterocycles. The number of carbonyl (C=O) groups is 2. The smallest absolute Gasteiger partial charge is 0.262 e. The van der Waals surface area contributed by atoms with Gasteiger partial charge in [0.1, 0.15) is 10.6 Å². The fourth-order valence-corrected chi connectivity index (χ4v) is 3.87. The maximum atomic E-state index is 14.0. The lowest BCUT2D eigenvalue weighted by molar-refractivity contribution is 0.0991. The van der Waals surface area contributed by atoms with E-state index in [9.17, 15) is 27.2 Å². The average molecular weight is 388 g/mol. The molecular formula is C16H12F4N2O3S. The van der Waals surface area contributed by atoms with Crippen molar-refractivity contribution in [2.75, 3.05) is 11.9 Å². The van der Waals surface area contributed by atoms with Crippen molar-refractivity contribution in [2.45, 2.75) is 20.0 Å². The molecule has 10 heteroatoms. The zero-order valence-electron chi connectivity index (χ0n) is 13.3. The van der Waals surface area contributed by atoms with Gasteiger partial charge in [0.15, 0.2) is 23.3 Å². The lowest BCUT2D eigenvalue weighted by atomic mass is 10.0. The first-order chi connectivity index (χ1) is 12.2. The fourth-order valence-electron chi connectivity index (χ4n) is 2.69. The van der Waals surface area contributed by atoms with Crippen LogP contribution in [-0.2, 0) is 17.8 Å². The first-order valence-corrected chi connectivity index (χ1v) is 8.21. The van der Waals surface area contributed by atoms with Gasteiger partial charge in [-0.2, -0.15) is 0 Å². The number of benzene rings is 1. The summed E-state index contributed by atoms with van der Waals surface area (Å²) in [6.45, 7) is 1.37. The van der Waals surface area contributed by atoms with Gasteiger partial charge in [-0.3, -0.25) is 9.59 Å². The molecule has 0 fully saturated rings. The summed E-state index contributed by atoms with van der Waals surface area (Å²) in [6, 6.07) is 0. The van der Waals surface area contributed by atoms with E-state index < -0.39 is 46.2 Å². The van der Waals surface area contributed by atoms with Crippen molar-refractivity contribution in [3.05, 3.63) is 50.4 Å². The molecule has 0 unspecified atom stereocenters. The largest absolute Gasteiger partial charge is 0.376 e. The maximum absolute atomic E-state index is 14.0. The average Bonchev–Trinajstić information content (AvgIpc) is 2.96. The van der Waals surface area contributed by atoms with Gasteiger partial charge in [0, 0.05) is 10.4 Å². The predicted molar refractivity (Wildman–Crippen MR) is 85.2 cm³/mol. The molecule has 2 amide bonds. The van der Waals surface area contributed by atoms with Gasteiger partial charge in [0.2, 0.25) is 0 Å². The minimum Gasteiger partial charge on any atom is -0.376 e. The Bertz CT molecular complexity index is 913. The Kier molecular flexibility index (Phi) is 4.72. The minimum atomic E-state index is -1.82. The number of ether oxygens (including phenoxy) is 1. The number of rotatable bonds is 3. The molecule has 0 atom stereocenters. The Labute approximate surface area is 148 Å². The highest BCUT2D eigenvalue weighted by molar-refractivity contribution is 7.17. The van der Waals surface area contributed by atoms with Gasteiger partial charge in [-0.15, -0.1) is 11.3 Å². The summed E-state index contributed by atoms with van der Waals surface area (Å²) in [4.78, 5) is 24.6. The SMILES string of the molecule is Cc1c(F)c(F)c(C(=O)Nc2sc3c(c2C(N)=O)CCOC3)c(F)c1F. The third-order valence-corrected chi connectivity index (χ3v) is 5.12. The van der Waals surface area contributed by atoms with E-state index >= 15 is 0 Å². The van der Waals surface area contributed by atoms with E-state index in [4.69, 9.17) is 10.5 Å². The number of halogens is 4. The number of fused-ring (bicyclic) bond motifs is 1. The number of thiophene rings is 1. The van der Waals surface area contributed by atoms with Gasteiger partial charge < -0.3 is 15.8 Å². The van der Waals surface area contributed by atoms with Gasteiger partial charge in [-0.1, -0.05) is 0 Å². The number of primary amides is 1. The Morgan fingerprint density at radius 3 is 2.27 bits per heavy atom. The lowest BCUT2D eigenvalue weighted by Crippen LogP contribution is -2.21. The second-order valence-electron chi connectivity index (χ2n) is 5.58. The van der Waals surface area contributed by atoms with E-state index in [-0.39, 0.29) is 17.2 Å². The monoisotopic (exact) mass is 388 g/mol. The van der Waals surface area contributed by atoms with E-state index in [1.54, 1.807) is 0 Å². The van der Waals surface area contributed by atoms with Crippen molar-refractivity contribution in [1.82, 2.24) is 0 Å². The van der Waals surface area contributed by atoms with Crippen LogP contribution in [0.25, 0.3) is 0 Å². The number of hydrogen-bond acceptors (Lipinski definition) is 4. The summed E-state index contributed by atoms with van der Waals surface area (Å²) < 4.78 is 60.6. The van der Waals surface area contributed by atoms with Crippen molar-refractivity contribution in [1.29, 1.82) is 0 Å². The van der Waals surface area contributed by atoms with E-state index in [2.05, 4.69) is 5.32 Å². The lowest BCUT2D eigenvalue weighted by Gasteiger charge is -2.12. The molecule has 0 saturated carbocycles. The number of anilines is 1. The molecule has 1 aliphatic heterocycles. The molecule has 0 radical (unpaired) electrons. The Hall–Kier alpha value is -2.46. The minimum absolute atomic E-state index is 0.00415. The highest BCUT2D eigenvalue weighted by atomic mass is 32.1. The summed E-state index contributed by atoms with van der Waals surface area (Å²) in [6.07, 6.45) is 0.372. The van der Waals surface area contributed by atoms with Crippen LogP contribution in [0.2, 0.25) is 0 Å². The van der Waals surface area contributed by atoms with E-state index in [0.717, 1.165) is 18.3 Å². The zero-order chi connectivity index (χ0) is 19.2. The summed E-state index contributed by atoms with van der Waals surface area (Å²) in [5, 5.41) is 2.07. The maximum Gasteiger partial charge on any atom is 0.262 e.